The second-order valence-corrected chi connectivity index (χ2v) is 13.7. The number of hydrogen-bond donors (Lipinski definition) is 1. The van der Waals surface area contributed by atoms with E-state index in [9.17, 15) is 14.4 Å². The third-order valence-corrected chi connectivity index (χ3v) is 12.6. The molecule has 6 nitrogen and oxygen atoms in total. The maximum absolute atomic E-state index is 13.3. The summed E-state index contributed by atoms with van der Waals surface area (Å²) in [6.07, 6.45) is 0. The van der Waals surface area contributed by atoms with Crippen molar-refractivity contribution in [1.29, 1.82) is 0 Å². The monoisotopic (exact) mass is 785 g/mol. The first-order valence-corrected chi connectivity index (χ1v) is 15.7. The van der Waals surface area contributed by atoms with Crippen LogP contribution in [-0.4, -0.2) is 28.5 Å². The van der Waals surface area contributed by atoms with Gasteiger partial charge in [-0.3, -0.25) is 14.4 Å². The number of fused-ring (bicyclic) bond motifs is 2. The molecular formula is C25H15Br4N3O3S2. The first-order valence-electron chi connectivity index (χ1n) is 10.7. The van der Waals surface area contributed by atoms with Gasteiger partial charge in [-0.2, -0.15) is 0 Å². The smallest absolute Gasteiger partial charge is 0.267 e. The summed E-state index contributed by atoms with van der Waals surface area (Å²) in [5.74, 6) is -0.731. The molecule has 0 saturated heterocycles. The van der Waals surface area contributed by atoms with Crippen molar-refractivity contribution in [2.24, 2.45) is 0 Å². The van der Waals surface area contributed by atoms with E-state index in [0.29, 0.717) is 34.7 Å². The molecule has 1 aliphatic heterocycles. The van der Waals surface area contributed by atoms with Gasteiger partial charge in [-0.1, -0.05) is 29.5 Å². The topological polar surface area (TPSA) is 79.4 Å². The first-order chi connectivity index (χ1) is 17.6. The largest absolute Gasteiger partial charge is 0.325 e. The molecule has 0 atom stereocenters. The molecule has 0 saturated carbocycles. The van der Waals surface area contributed by atoms with Crippen molar-refractivity contribution in [2.45, 2.75) is 18.2 Å². The van der Waals surface area contributed by atoms with E-state index in [-0.39, 0.29) is 11.7 Å². The normalized spacial score (nSPS) is 13.0. The van der Waals surface area contributed by atoms with E-state index >= 15 is 0 Å². The van der Waals surface area contributed by atoms with Gasteiger partial charge in [0.15, 0.2) is 4.34 Å². The molecule has 1 aromatic heterocycles. The number of carbonyl (C=O) groups is 3. The molecule has 0 radical (unpaired) electrons. The molecule has 1 aliphatic rings. The molecule has 4 aromatic rings. The van der Waals surface area contributed by atoms with E-state index in [4.69, 9.17) is 0 Å². The number of halogens is 4. The minimum absolute atomic E-state index is 0.114. The van der Waals surface area contributed by atoms with Crippen LogP contribution in [0.2, 0.25) is 0 Å². The molecular weight excluding hydrogens is 774 g/mol. The number of amides is 3. The van der Waals surface area contributed by atoms with Crippen LogP contribution in [0, 0.1) is 13.8 Å². The lowest BCUT2D eigenvalue weighted by molar-refractivity contribution is -0.113. The zero-order valence-electron chi connectivity index (χ0n) is 19.1. The molecule has 37 heavy (non-hydrogen) atoms. The SMILES string of the molecule is Cc1ccc(NC(=O)CSc2nc3ccc(N4C(=O)c5c(Br)c(Br)c(Br)c(Br)c5C4=O)cc3s2)c(C)c1. The van der Waals surface area contributed by atoms with Crippen LogP contribution in [0.1, 0.15) is 31.8 Å². The highest BCUT2D eigenvalue weighted by Crippen LogP contribution is 2.46. The van der Waals surface area contributed by atoms with Gasteiger partial charge >= 0.3 is 0 Å². The van der Waals surface area contributed by atoms with E-state index in [1.54, 1.807) is 18.2 Å². The molecule has 0 aliphatic carbocycles. The fraction of sp³-hybridized carbons (Fsp3) is 0.120. The van der Waals surface area contributed by atoms with Crippen molar-refractivity contribution in [3.8, 4) is 0 Å². The fourth-order valence-corrected chi connectivity index (χ4v) is 8.30. The minimum Gasteiger partial charge on any atom is -0.325 e. The van der Waals surface area contributed by atoms with Crippen molar-refractivity contribution in [1.82, 2.24) is 4.98 Å². The Morgan fingerprint density at radius 1 is 0.946 bits per heavy atom. The highest BCUT2D eigenvalue weighted by atomic mass is 79.9. The van der Waals surface area contributed by atoms with E-state index in [1.165, 1.54) is 28.0 Å². The van der Waals surface area contributed by atoms with Crippen molar-refractivity contribution in [3.05, 3.63) is 76.5 Å². The molecule has 0 unspecified atom stereocenters. The van der Waals surface area contributed by atoms with Crippen molar-refractivity contribution in [2.75, 3.05) is 16.0 Å². The zero-order chi connectivity index (χ0) is 26.6. The van der Waals surface area contributed by atoms with Crippen LogP contribution >= 0.6 is 86.8 Å². The molecule has 2 heterocycles. The van der Waals surface area contributed by atoms with Crippen LogP contribution in [0.4, 0.5) is 11.4 Å². The molecule has 0 fully saturated rings. The summed E-state index contributed by atoms with van der Waals surface area (Å²) in [6, 6.07) is 11.2. The Kier molecular flexibility index (Phi) is 7.69. The molecule has 5 rings (SSSR count). The summed E-state index contributed by atoms with van der Waals surface area (Å²) in [6.45, 7) is 3.97. The van der Waals surface area contributed by atoms with Gasteiger partial charge in [0, 0.05) is 23.6 Å². The summed E-state index contributed by atoms with van der Waals surface area (Å²) >= 11 is 16.5. The maximum Gasteiger partial charge on any atom is 0.267 e. The first kappa shape index (κ1) is 27.0. The van der Waals surface area contributed by atoms with Gasteiger partial charge in [0.25, 0.3) is 11.8 Å². The second-order valence-electron chi connectivity index (χ2n) is 8.24. The predicted molar refractivity (Wildman–Crippen MR) is 163 cm³/mol. The van der Waals surface area contributed by atoms with Gasteiger partial charge in [-0.05, 0) is 107 Å². The highest BCUT2D eigenvalue weighted by Gasteiger charge is 2.42. The lowest BCUT2D eigenvalue weighted by Crippen LogP contribution is -2.29. The Hall–Kier alpha value is -1.57. The molecule has 188 valence electrons. The van der Waals surface area contributed by atoms with Gasteiger partial charge in [0.1, 0.15) is 0 Å². The Bertz CT molecular complexity index is 1610. The number of carbonyl (C=O) groups excluding carboxylic acids is 3. The van der Waals surface area contributed by atoms with Crippen molar-refractivity contribution < 1.29 is 14.4 Å². The summed E-state index contributed by atoms with van der Waals surface area (Å²) in [5, 5.41) is 2.94. The Morgan fingerprint density at radius 2 is 1.59 bits per heavy atom. The minimum atomic E-state index is -0.415. The van der Waals surface area contributed by atoms with Gasteiger partial charge in [0.2, 0.25) is 5.91 Å². The number of aromatic nitrogens is 1. The van der Waals surface area contributed by atoms with E-state index < -0.39 is 11.8 Å². The maximum atomic E-state index is 13.3. The van der Waals surface area contributed by atoms with Crippen LogP contribution in [-0.2, 0) is 4.79 Å². The van der Waals surface area contributed by atoms with Crippen LogP contribution in [0.3, 0.4) is 0 Å². The van der Waals surface area contributed by atoms with E-state index in [1.807, 2.05) is 32.0 Å². The molecule has 0 bridgehead atoms. The molecule has 1 N–H and O–H groups in total. The number of hydrogen-bond acceptors (Lipinski definition) is 6. The summed E-state index contributed by atoms with van der Waals surface area (Å²) in [4.78, 5) is 44.9. The van der Waals surface area contributed by atoms with E-state index in [2.05, 4.69) is 74.0 Å². The van der Waals surface area contributed by atoms with Crippen LogP contribution in [0.15, 0.2) is 58.6 Å². The highest BCUT2D eigenvalue weighted by molar-refractivity contribution is 9.15. The Balaban J connectivity index is 1.36. The number of imide groups is 1. The number of aryl methyl sites for hydroxylation is 2. The van der Waals surface area contributed by atoms with Gasteiger partial charge in [-0.15, -0.1) is 11.3 Å². The fourth-order valence-electron chi connectivity index (χ4n) is 3.94. The second kappa shape index (κ2) is 10.5. The standard InChI is InChI=1S/C25H15Br4N3O3S2/c1-10-3-5-13(11(2)7-10)30-16(33)9-36-25-31-14-6-4-12(8-15(14)37-25)32-23(34)17-18(24(32)35)20(27)22(29)21(28)19(17)26/h3-8H,9H2,1-2H3,(H,30,33). The number of thiazole rings is 1. The van der Waals surface area contributed by atoms with Crippen LogP contribution < -0.4 is 10.2 Å². The zero-order valence-corrected chi connectivity index (χ0v) is 27.1. The third kappa shape index (κ3) is 4.96. The van der Waals surface area contributed by atoms with Crippen molar-refractivity contribution >= 4 is 126 Å². The number of nitrogens with zero attached hydrogens (tertiary/aromatic N) is 2. The summed E-state index contributed by atoms with van der Waals surface area (Å²) in [7, 11) is 0. The van der Waals surface area contributed by atoms with Gasteiger partial charge in [-0.25, -0.2) is 9.88 Å². The number of rotatable bonds is 5. The quantitative estimate of drug-likeness (QED) is 0.0951. The van der Waals surface area contributed by atoms with E-state index in [0.717, 1.165) is 31.4 Å². The number of nitrogens with one attached hydrogen (secondary N) is 1. The summed E-state index contributed by atoms with van der Waals surface area (Å²) < 4.78 is 3.84. The number of anilines is 2. The van der Waals surface area contributed by atoms with Crippen molar-refractivity contribution in [3.63, 3.8) is 0 Å². The molecule has 0 spiro atoms. The Labute approximate surface area is 254 Å². The number of benzene rings is 3. The molecule has 3 aromatic carbocycles. The third-order valence-electron chi connectivity index (χ3n) is 5.69. The molecule has 3 amide bonds. The molecule has 12 heteroatoms. The van der Waals surface area contributed by atoms with Gasteiger partial charge in [0.05, 0.1) is 32.8 Å². The Morgan fingerprint density at radius 3 is 2.22 bits per heavy atom. The van der Waals surface area contributed by atoms with Crippen LogP contribution in [0.25, 0.3) is 10.2 Å². The summed E-state index contributed by atoms with van der Waals surface area (Å²) in [5.41, 5.74) is 4.72. The average Bonchev–Trinajstić information content (AvgIpc) is 3.38. The lowest BCUT2D eigenvalue weighted by atomic mass is 10.1. The number of thioether (sulfide) groups is 1. The predicted octanol–water partition coefficient (Wildman–Crippen LogP) is 8.49. The van der Waals surface area contributed by atoms with Gasteiger partial charge < -0.3 is 5.32 Å². The lowest BCUT2D eigenvalue weighted by Gasteiger charge is -2.13. The average molecular weight is 789 g/mol. The van der Waals surface area contributed by atoms with Crippen LogP contribution in [0.5, 0.6) is 0 Å².